The molecule has 1 saturated carbocycles. The van der Waals surface area contributed by atoms with Crippen molar-refractivity contribution in [2.75, 3.05) is 18.5 Å². The number of fused-ring (bicyclic) bond motifs is 1. The number of aryl methyl sites for hydroxylation is 1. The average Bonchev–Trinajstić information content (AvgIpc) is 2.87. The van der Waals surface area contributed by atoms with Gasteiger partial charge in [0.05, 0.1) is 12.3 Å². The highest BCUT2D eigenvalue weighted by molar-refractivity contribution is 5.67. The number of nitrogens with one attached hydrogen (secondary N) is 1. The van der Waals surface area contributed by atoms with Gasteiger partial charge >= 0.3 is 0 Å². The van der Waals surface area contributed by atoms with E-state index >= 15 is 0 Å². The fourth-order valence-corrected chi connectivity index (χ4v) is 3.14. The molecule has 0 atom stereocenters. The van der Waals surface area contributed by atoms with Crippen LogP contribution in [0.25, 0.3) is 5.52 Å². The first-order valence-corrected chi connectivity index (χ1v) is 7.38. The van der Waals surface area contributed by atoms with Gasteiger partial charge in [-0.25, -0.2) is 9.50 Å². The highest BCUT2D eigenvalue weighted by Crippen LogP contribution is 2.36. The quantitative estimate of drug-likeness (QED) is 0.898. The van der Waals surface area contributed by atoms with E-state index in [0.717, 1.165) is 36.4 Å². The highest BCUT2D eigenvalue weighted by atomic mass is 16.3. The zero-order chi connectivity index (χ0) is 14.0. The molecule has 1 aliphatic carbocycles. The predicted molar refractivity (Wildman–Crippen MR) is 78.8 cm³/mol. The Labute approximate surface area is 119 Å². The summed E-state index contributed by atoms with van der Waals surface area (Å²) in [6.07, 6.45) is 9.52. The first-order valence-electron chi connectivity index (χ1n) is 7.38. The zero-order valence-electron chi connectivity index (χ0n) is 12.0. The molecule has 1 fully saturated rings. The van der Waals surface area contributed by atoms with Crippen molar-refractivity contribution in [3.63, 3.8) is 0 Å². The van der Waals surface area contributed by atoms with Crippen LogP contribution in [0.15, 0.2) is 18.5 Å². The molecule has 20 heavy (non-hydrogen) atoms. The van der Waals surface area contributed by atoms with Gasteiger partial charge in [-0.05, 0) is 25.8 Å². The van der Waals surface area contributed by atoms with Crippen LogP contribution in [0.3, 0.4) is 0 Å². The van der Waals surface area contributed by atoms with Crippen LogP contribution in [-0.2, 0) is 0 Å². The van der Waals surface area contributed by atoms with Gasteiger partial charge in [0.2, 0.25) is 0 Å². The summed E-state index contributed by atoms with van der Waals surface area (Å²) < 4.78 is 1.84. The van der Waals surface area contributed by atoms with Crippen LogP contribution in [0.4, 0.5) is 5.82 Å². The van der Waals surface area contributed by atoms with Gasteiger partial charge in [-0.2, -0.15) is 5.10 Å². The standard InChI is InChI=1S/C15H22N4O/c1-12-9-13-14(16-7-8-19(13)18-12)17-10-15(11-20)5-3-2-4-6-15/h7-9,20H,2-6,10-11H2,1H3,(H,16,17). The first-order chi connectivity index (χ1) is 9.72. The van der Waals surface area contributed by atoms with E-state index in [1.165, 1.54) is 19.3 Å². The lowest BCUT2D eigenvalue weighted by atomic mass is 9.74. The summed E-state index contributed by atoms with van der Waals surface area (Å²) in [5.41, 5.74) is 1.99. The lowest BCUT2D eigenvalue weighted by Gasteiger charge is -2.35. The molecule has 5 nitrogen and oxygen atoms in total. The van der Waals surface area contributed by atoms with Crippen molar-refractivity contribution in [1.82, 2.24) is 14.6 Å². The molecule has 0 saturated heterocycles. The molecule has 0 spiro atoms. The fourth-order valence-electron chi connectivity index (χ4n) is 3.14. The number of nitrogens with zero attached hydrogens (tertiary/aromatic N) is 3. The number of aliphatic hydroxyl groups is 1. The summed E-state index contributed by atoms with van der Waals surface area (Å²) in [7, 11) is 0. The second kappa shape index (κ2) is 5.40. The Morgan fingerprint density at radius 3 is 2.90 bits per heavy atom. The second-order valence-corrected chi connectivity index (χ2v) is 5.96. The van der Waals surface area contributed by atoms with E-state index in [1.54, 1.807) is 6.20 Å². The lowest BCUT2D eigenvalue weighted by Crippen LogP contribution is -2.35. The van der Waals surface area contributed by atoms with E-state index < -0.39 is 0 Å². The minimum Gasteiger partial charge on any atom is -0.396 e. The van der Waals surface area contributed by atoms with E-state index in [4.69, 9.17) is 0 Å². The minimum atomic E-state index is 0.0157. The molecule has 5 heteroatoms. The third kappa shape index (κ3) is 2.50. The average molecular weight is 274 g/mol. The van der Waals surface area contributed by atoms with Crippen molar-refractivity contribution in [3.8, 4) is 0 Å². The first kappa shape index (κ1) is 13.4. The van der Waals surface area contributed by atoms with Crippen LogP contribution < -0.4 is 5.32 Å². The van der Waals surface area contributed by atoms with Gasteiger partial charge in [-0.15, -0.1) is 0 Å². The second-order valence-electron chi connectivity index (χ2n) is 5.96. The fraction of sp³-hybridized carbons (Fsp3) is 0.600. The van der Waals surface area contributed by atoms with Gasteiger partial charge in [0.15, 0.2) is 5.82 Å². The lowest BCUT2D eigenvalue weighted by molar-refractivity contribution is 0.0943. The number of aromatic nitrogens is 3. The van der Waals surface area contributed by atoms with Crippen LogP contribution in [0.2, 0.25) is 0 Å². The Bertz CT molecular complexity index is 587. The topological polar surface area (TPSA) is 62.5 Å². The summed E-state index contributed by atoms with van der Waals surface area (Å²) in [5, 5.41) is 17.6. The van der Waals surface area contributed by atoms with Crippen molar-refractivity contribution in [2.45, 2.75) is 39.0 Å². The van der Waals surface area contributed by atoms with Gasteiger partial charge in [0.25, 0.3) is 0 Å². The Morgan fingerprint density at radius 1 is 1.35 bits per heavy atom. The van der Waals surface area contributed by atoms with E-state index in [0.29, 0.717) is 0 Å². The van der Waals surface area contributed by atoms with Crippen LogP contribution in [0, 0.1) is 12.3 Å². The monoisotopic (exact) mass is 274 g/mol. The Balaban J connectivity index is 1.79. The molecular weight excluding hydrogens is 252 g/mol. The molecule has 0 radical (unpaired) electrons. The minimum absolute atomic E-state index is 0.0157. The zero-order valence-corrected chi connectivity index (χ0v) is 12.0. The van der Waals surface area contributed by atoms with Crippen molar-refractivity contribution in [3.05, 3.63) is 24.2 Å². The molecule has 2 aromatic rings. The molecular formula is C15H22N4O. The number of rotatable bonds is 4. The van der Waals surface area contributed by atoms with Gasteiger partial charge in [-0.3, -0.25) is 0 Å². The Morgan fingerprint density at radius 2 is 2.15 bits per heavy atom. The molecule has 0 aromatic carbocycles. The molecule has 2 aromatic heterocycles. The summed E-state index contributed by atoms with van der Waals surface area (Å²) in [6, 6.07) is 2.03. The molecule has 1 aliphatic rings. The van der Waals surface area contributed by atoms with Crippen LogP contribution in [0.1, 0.15) is 37.8 Å². The normalized spacial score (nSPS) is 18.3. The molecule has 2 N–H and O–H groups in total. The van der Waals surface area contributed by atoms with Crippen LogP contribution in [-0.4, -0.2) is 32.9 Å². The third-order valence-electron chi connectivity index (χ3n) is 4.39. The van der Waals surface area contributed by atoms with Gasteiger partial charge in [0, 0.05) is 24.4 Å². The Hall–Kier alpha value is -1.62. The van der Waals surface area contributed by atoms with Gasteiger partial charge in [0.1, 0.15) is 5.52 Å². The van der Waals surface area contributed by atoms with Crippen molar-refractivity contribution in [2.24, 2.45) is 5.41 Å². The molecule has 2 heterocycles. The van der Waals surface area contributed by atoms with E-state index in [9.17, 15) is 5.11 Å². The molecule has 0 bridgehead atoms. The summed E-state index contributed by atoms with van der Waals surface area (Å²) in [6.45, 7) is 3.01. The third-order valence-corrected chi connectivity index (χ3v) is 4.39. The maximum absolute atomic E-state index is 9.76. The van der Waals surface area contributed by atoms with Crippen LogP contribution >= 0.6 is 0 Å². The van der Waals surface area contributed by atoms with Crippen LogP contribution in [0.5, 0.6) is 0 Å². The van der Waals surface area contributed by atoms with Crippen molar-refractivity contribution < 1.29 is 5.11 Å². The molecule has 108 valence electrons. The number of aliphatic hydroxyl groups excluding tert-OH is 1. The molecule has 0 unspecified atom stereocenters. The van der Waals surface area contributed by atoms with Crippen molar-refractivity contribution >= 4 is 11.3 Å². The maximum atomic E-state index is 9.76. The Kier molecular flexibility index (Phi) is 3.61. The SMILES string of the molecule is Cc1cc2c(NCC3(CO)CCCCC3)nccn2n1. The van der Waals surface area contributed by atoms with E-state index in [1.807, 2.05) is 23.7 Å². The molecule has 0 aliphatic heterocycles. The van der Waals surface area contributed by atoms with E-state index in [-0.39, 0.29) is 12.0 Å². The van der Waals surface area contributed by atoms with Gasteiger partial charge < -0.3 is 10.4 Å². The largest absolute Gasteiger partial charge is 0.396 e. The van der Waals surface area contributed by atoms with Gasteiger partial charge in [-0.1, -0.05) is 19.3 Å². The predicted octanol–water partition coefficient (Wildman–Crippen LogP) is 2.39. The highest BCUT2D eigenvalue weighted by Gasteiger charge is 2.31. The van der Waals surface area contributed by atoms with Crippen molar-refractivity contribution in [1.29, 1.82) is 0 Å². The summed E-state index contributed by atoms with van der Waals surface area (Å²) in [4.78, 5) is 4.42. The number of hydrogen-bond acceptors (Lipinski definition) is 4. The van der Waals surface area contributed by atoms with E-state index in [2.05, 4.69) is 15.4 Å². The number of hydrogen-bond donors (Lipinski definition) is 2. The smallest absolute Gasteiger partial charge is 0.152 e. The molecule has 0 amide bonds. The number of anilines is 1. The maximum Gasteiger partial charge on any atom is 0.152 e. The molecule has 3 rings (SSSR count). The summed E-state index contributed by atoms with van der Waals surface area (Å²) in [5.74, 6) is 0.853. The summed E-state index contributed by atoms with van der Waals surface area (Å²) >= 11 is 0.